The number of amides is 1. The molecule has 1 amide bonds. The fourth-order valence-electron chi connectivity index (χ4n) is 3.43. The molecule has 1 aromatic heterocycles. The summed E-state index contributed by atoms with van der Waals surface area (Å²) in [5.41, 5.74) is 0.747. The molecule has 3 aliphatic rings. The van der Waals surface area contributed by atoms with E-state index >= 15 is 0 Å². The lowest BCUT2D eigenvalue weighted by molar-refractivity contribution is -0.157. The Balaban J connectivity index is 1.51. The Hall–Kier alpha value is -1.77. The molecule has 24 heavy (non-hydrogen) atoms. The largest absolute Gasteiger partial charge is 0.380 e. The number of fused-ring (bicyclic) bond motifs is 1. The van der Waals surface area contributed by atoms with Gasteiger partial charge in [-0.15, -0.1) is 5.10 Å². The molecular weight excluding hydrogens is 310 g/mol. The first kappa shape index (κ1) is 15.7. The number of rotatable bonds is 2. The van der Waals surface area contributed by atoms with Gasteiger partial charge in [-0.25, -0.2) is 0 Å². The first-order chi connectivity index (χ1) is 11.7. The zero-order valence-corrected chi connectivity index (χ0v) is 13.7. The van der Waals surface area contributed by atoms with Crippen molar-refractivity contribution in [2.75, 3.05) is 50.8 Å². The van der Waals surface area contributed by atoms with Gasteiger partial charge in [-0.2, -0.15) is 5.10 Å². The van der Waals surface area contributed by atoms with Crippen LogP contribution in [0.15, 0.2) is 6.07 Å². The van der Waals surface area contributed by atoms with E-state index in [0.717, 1.165) is 43.2 Å². The van der Waals surface area contributed by atoms with Crippen molar-refractivity contribution in [3.8, 4) is 0 Å². The number of anilines is 1. The van der Waals surface area contributed by atoms with Gasteiger partial charge in [0.15, 0.2) is 11.4 Å². The lowest BCUT2D eigenvalue weighted by atomic mass is 9.94. The standard InChI is InChI=1S/C16H23N5O3/c22-15(16(23)10-17-11-16)21-4-2-13-12(9-21)8-14(19-18-13)20-3-1-6-24-7-5-20/h8,17,23H,1-7,9-11H2. The molecular formula is C16H23N5O3. The topological polar surface area (TPSA) is 90.8 Å². The predicted octanol–water partition coefficient (Wildman–Crippen LogP) is -1.08. The van der Waals surface area contributed by atoms with Gasteiger partial charge in [0.05, 0.1) is 12.3 Å². The molecule has 2 N–H and O–H groups in total. The van der Waals surface area contributed by atoms with Crippen molar-refractivity contribution in [2.45, 2.75) is 25.0 Å². The van der Waals surface area contributed by atoms with E-state index in [9.17, 15) is 9.90 Å². The maximum atomic E-state index is 12.5. The van der Waals surface area contributed by atoms with E-state index in [-0.39, 0.29) is 5.91 Å². The van der Waals surface area contributed by atoms with Crippen LogP contribution in [0.4, 0.5) is 5.82 Å². The minimum atomic E-state index is -1.23. The third kappa shape index (κ3) is 2.85. The highest BCUT2D eigenvalue weighted by Gasteiger charge is 2.45. The number of hydrogen-bond acceptors (Lipinski definition) is 7. The number of β-amino-alcohol motifs (C(OH)–C–C–N with tert-alkyl or cyclic N) is 1. The number of ether oxygens (including phenoxy) is 1. The number of nitrogens with one attached hydrogen (secondary N) is 1. The average Bonchev–Trinajstić information content (AvgIpc) is 2.87. The molecule has 4 rings (SSSR count). The second-order valence-corrected chi connectivity index (χ2v) is 6.74. The normalized spacial score (nSPS) is 23.2. The molecule has 0 spiro atoms. The van der Waals surface area contributed by atoms with E-state index in [1.807, 2.05) is 6.07 Å². The van der Waals surface area contributed by atoms with Gasteiger partial charge in [0.25, 0.3) is 5.91 Å². The number of aliphatic hydroxyl groups is 1. The molecule has 4 heterocycles. The van der Waals surface area contributed by atoms with E-state index in [1.165, 1.54) is 0 Å². The van der Waals surface area contributed by atoms with Gasteiger partial charge in [-0.05, 0) is 18.1 Å². The van der Waals surface area contributed by atoms with Crippen molar-refractivity contribution >= 4 is 11.7 Å². The van der Waals surface area contributed by atoms with Crippen molar-refractivity contribution in [3.05, 3.63) is 17.3 Å². The van der Waals surface area contributed by atoms with Gasteiger partial charge < -0.3 is 25.0 Å². The number of aromatic nitrogens is 2. The number of nitrogens with zero attached hydrogens (tertiary/aromatic N) is 4. The molecule has 0 atom stereocenters. The Labute approximate surface area is 140 Å². The summed E-state index contributed by atoms with van der Waals surface area (Å²) < 4.78 is 5.49. The third-order valence-corrected chi connectivity index (χ3v) is 4.99. The smallest absolute Gasteiger partial charge is 0.257 e. The predicted molar refractivity (Wildman–Crippen MR) is 86.6 cm³/mol. The highest BCUT2D eigenvalue weighted by Crippen LogP contribution is 2.24. The van der Waals surface area contributed by atoms with Crippen molar-refractivity contribution in [3.63, 3.8) is 0 Å². The lowest BCUT2D eigenvalue weighted by Gasteiger charge is -2.41. The molecule has 1 aromatic rings. The SMILES string of the molecule is O=C(N1CCc2nnc(N3CCCOCC3)cc2C1)C1(O)CNC1. The Morgan fingerprint density at radius 1 is 1.25 bits per heavy atom. The van der Waals surface area contributed by atoms with Crippen LogP contribution >= 0.6 is 0 Å². The van der Waals surface area contributed by atoms with Crippen LogP contribution in [0.5, 0.6) is 0 Å². The molecule has 0 aliphatic carbocycles. The van der Waals surface area contributed by atoms with Gasteiger partial charge >= 0.3 is 0 Å². The molecule has 0 saturated carbocycles. The summed E-state index contributed by atoms with van der Waals surface area (Å²) >= 11 is 0. The van der Waals surface area contributed by atoms with E-state index < -0.39 is 5.60 Å². The maximum Gasteiger partial charge on any atom is 0.257 e. The van der Waals surface area contributed by atoms with Crippen LogP contribution in [0.2, 0.25) is 0 Å². The molecule has 8 heteroatoms. The van der Waals surface area contributed by atoms with Gasteiger partial charge in [-0.3, -0.25) is 4.79 Å². The van der Waals surface area contributed by atoms with E-state index in [0.29, 0.717) is 39.2 Å². The van der Waals surface area contributed by atoms with Gasteiger partial charge in [0, 0.05) is 52.3 Å². The Morgan fingerprint density at radius 2 is 2.12 bits per heavy atom. The van der Waals surface area contributed by atoms with E-state index in [4.69, 9.17) is 4.74 Å². The summed E-state index contributed by atoms with van der Waals surface area (Å²) in [4.78, 5) is 16.4. The van der Waals surface area contributed by atoms with Crippen molar-refractivity contribution in [1.29, 1.82) is 0 Å². The van der Waals surface area contributed by atoms with Crippen LogP contribution in [-0.4, -0.2) is 77.6 Å². The second-order valence-electron chi connectivity index (χ2n) is 6.74. The first-order valence-corrected chi connectivity index (χ1v) is 8.56. The van der Waals surface area contributed by atoms with Crippen LogP contribution in [0.1, 0.15) is 17.7 Å². The summed E-state index contributed by atoms with van der Waals surface area (Å²) in [6.45, 7) is 4.94. The van der Waals surface area contributed by atoms with Crippen LogP contribution in [-0.2, 0) is 22.5 Å². The third-order valence-electron chi connectivity index (χ3n) is 4.99. The Bertz CT molecular complexity index is 626. The molecule has 0 bridgehead atoms. The van der Waals surface area contributed by atoms with E-state index in [1.54, 1.807) is 4.90 Å². The molecule has 0 radical (unpaired) electrons. The fourth-order valence-corrected chi connectivity index (χ4v) is 3.43. The molecule has 2 fully saturated rings. The summed E-state index contributed by atoms with van der Waals surface area (Å²) in [5.74, 6) is 0.658. The molecule has 3 aliphatic heterocycles. The summed E-state index contributed by atoms with van der Waals surface area (Å²) in [5, 5.41) is 22.0. The lowest BCUT2D eigenvalue weighted by Crippen LogP contribution is -2.68. The summed E-state index contributed by atoms with van der Waals surface area (Å²) in [6.07, 6.45) is 1.66. The minimum Gasteiger partial charge on any atom is -0.380 e. The Morgan fingerprint density at radius 3 is 2.92 bits per heavy atom. The highest BCUT2D eigenvalue weighted by atomic mass is 16.5. The van der Waals surface area contributed by atoms with Gasteiger partial charge in [0.1, 0.15) is 0 Å². The molecule has 0 aromatic carbocycles. The monoisotopic (exact) mass is 333 g/mol. The van der Waals surface area contributed by atoms with Crippen molar-refractivity contribution in [2.24, 2.45) is 0 Å². The van der Waals surface area contributed by atoms with Crippen LogP contribution in [0, 0.1) is 0 Å². The molecule has 130 valence electrons. The maximum absolute atomic E-state index is 12.5. The van der Waals surface area contributed by atoms with Gasteiger partial charge in [-0.1, -0.05) is 0 Å². The van der Waals surface area contributed by atoms with Crippen molar-refractivity contribution < 1.29 is 14.6 Å². The summed E-state index contributed by atoms with van der Waals surface area (Å²) in [7, 11) is 0. The second kappa shape index (κ2) is 6.27. The van der Waals surface area contributed by atoms with Crippen LogP contribution in [0.25, 0.3) is 0 Å². The number of carbonyl (C=O) groups is 1. The zero-order chi connectivity index (χ0) is 16.6. The van der Waals surface area contributed by atoms with Crippen LogP contribution in [0.3, 0.4) is 0 Å². The van der Waals surface area contributed by atoms with E-state index in [2.05, 4.69) is 20.4 Å². The minimum absolute atomic E-state index is 0.187. The highest BCUT2D eigenvalue weighted by molar-refractivity contribution is 5.87. The molecule has 2 saturated heterocycles. The first-order valence-electron chi connectivity index (χ1n) is 8.56. The average molecular weight is 333 g/mol. The summed E-state index contributed by atoms with van der Waals surface area (Å²) in [6, 6.07) is 2.04. The fraction of sp³-hybridized carbons (Fsp3) is 0.688. The number of carbonyl (C=O) groups excluding carboxylic acids is 1. The quantitative estimate of drug-likeness (QED) is 0.711. The Kier molecular flexibility index (Phi) is 4.11. The zero-order valence-electron chi connectivity index (χ0n) is 13.7. The van der Waals surface area contributed by atoms with Crippen LogP contribution < -0.4 is 10.2 Å². The molecule has 8 nitrogen and oxygen atoms in total. The van der Waals surface area contributed by atoms with Gasteiger partial charge in [0.2, 0.25) is 0 Å². The van der Waals surface area contributed by atoms with Crippen molar-refractivity contribution in [1.82, 2.24) is 20.4 Å². The molecule has 0 unspecified atom stereocenters. The number of hydrogen-bond donors (Lipinski definition) is 2.